The van der Waals surface area contributed by atoms with Gasteiger partial charge in [0.25, 0.3) is 0 Å². The van der Waals surface area contributed by atoms with E-state index in [1.54, 1.807) is 5.69 Å². The Morgan fingerprint density at radius 3 is 1.67 bits per heavy atom. The predicted molar refractivity (Wildman–Crippen MR) is 133 cm³/mol. The van der Waals surface area contributed by atoms with E-state index in [9.17, 15) is 0 Å². The van der Waals surface area contributed by atoms with Crippen LogP contribution >= 0.6 is 0 Å². The van der Waals surface area contributed by atoms with Crippen LogP contribution in [0.1, 0.15) is 97.8 Å². The zero-order valence-corrected chi connectivity index (χ0v) is 20.7. The molecular weight excluding hydrogens is 386 g/mol. The van der Waals surface area contributed by atoms with Crippen molar-refractivity contribution in [3.05, 3.63) is 42.5 Å². The number of rotatable bonds is 16. The van der Waals surface area contributed by atoms with Gasteiger partial charge in [-0.05, 0) is 43.2 Å². The number of fused-ring (bicyclic) bond motifs is 1. The SMILES string of the molecule is CCCCCCCCCCCC[N+](CCC)(CCC)c1cccc2ccccc12.[Cl-]. The van der Waals surface area contributed by atoms with Crippen molar-refractivity contribution in [2.75, 3.05) is 19.6 Å². The molecule has 0 aromatic heterocycles. The van der Waals surface area contributed by atoms with E-state index in [1.807, 2.05) is 0 Å². The summed E-state index contributed by atoms with van der Waals surface area (Å²) < 4.78 is 1.17. The summed E-state index contributed by atoms with van der Waals surface area (Å²) in [7, 11) is 0. The Kier molecular flexibility index (Phi) is 14.1. The van der Waals surface area contributed by atoms with Gasteiger partial charge in [0, 0.05) is 5.39 Å². The molecule has 0 saturated carbocycles. The number of benzene rings is 2. The van der Waals surface area contributed by atoms with E-state index < -0.39 is 0 Å². The van der Waals surface area contributed by atoms with Crippen molar-refractivity contribution >= 4 is 16.5 Å². The normalized spacial score (nSPS) is 11.6. The van der Waals surface area contributed by atoms with E-state index in [-0.39, 0.29) is 12.4 Å². The second-order valence-electron chi connectivity index (χ2n) is 9.00. The monoisotopic (exact) mass is 431 g/mol. The molecular formula is C28H46ClN. The van der Waals surface area contributed by atoms with E-state index in [0.717, 1.165) is 0 Å². The summed E-state index contributed by atoms with van der Waals surface area (Å²) in [5.41, 5.74) is 1.56. The van der Waals surface area contributed by atoms with Gasteiger partial charge in [0.1, 0.15) is 5.69 Å². The van der Waals surface area contributed by atoms with E-state index in [4.69, 9.17) is 0 Å². The van der Waals surface area contributed by atoms with Crippen LogP contribution in [0, 0.1) is 0 Å². The highest BCUT2D eigenvalue weighted by molar-refractivity contribution is 5.93. The molecule has 0 saturated heterocycles. The zero-order valence-electron chi connectivity index (χ0n) is 20.0. The molecule has 0 amide bonds. The van der Waals surface area contributed by atoms with Crippen LogP contribution in [0.25, 0.3) is 10.8 Å². The molecule has 0 aliphatic rings. The molecule has 0 bridgehead atoms. The van der Waals surface area contributed by atoms with Crippen molar-refractivity contribution in [3.8, 4) is 0 Å². The molecule has 0 aliphatic heterocycles. The van der Waals surface area contributed by atoms with Crippen LogP contribution in [0.15, 0.2) is 42.5 Å². The van der Waals surface area contributed by atoms with E-state index in [1.165, 1.54) is 112 Å². The topological polar surface area (TPSA) is 0 Å². The van der Waals surface area contributed by atoms with Gasteiger partial charge in [-0.3, -0.25) is 4.48 Å². The molecule has 0 aliphatic carbocycles. The van der Waals surface area contributed by atoms with Gasteiger partial charge in [-0.2, -0.15) is 0 Å². The van der Waals surface area contributed by atoms with Gasteiger partial charge in [0.2, 0.25) is 0 Å². The molecule has 2 aromatic rings. The van der Waals surface area contributed by atoms with E-state index >= 15 is 0 Å². The molecule has 2 rings (SSSR count). The molecule has 0 N–H and O–H groups in total. The Hall–Kier alpha value is -1.05. The van der Waals surface area contributed by atoms with Crippen LogP contribution in [0.5, 0.6) is 0 Å². The van der Waals surface area contributed by atoms with Gasteiger partial charge in [-0.15, -0.1) is 0 Å². The quantitative estimate of drug-likeness (QED) is 0.229. The smallest absolute Gasteiger partial charge is 0.140 e. The molecule has 0 heterocycles. The lowest BCUT2D eigenvalue weighted by Crippen LogP contribution is -3.00. The minimum atomic E-state index is 0. The number of quaternary nitrogens is 1. The van der Waals surface area contributed by atoms with Gasteiger partial charge in [-0.25, -0.2) is 0 Å². The van der Waals surface area contributed by atoms with Crippen LogP contribution in [0.3, 0.4) is 0 Å². The fraction of sp³-hybridized carbons (Fsp3) is 0.643. The number of hydrogen-bond acceptors (Lipinski definition) is 0. The fourth-order valence-corrected chi connectivity index (χ4v) is 5.08. The van der Waals surface area contributed by atoms with Gasteiger partial charge in [0.05, 0.1) is 19.6 Å². The predicted octanol–water partition coefficient (Wildman–Crippen LogP) is 5.89. The average molecular weight is 432 g/mol. The Bertz CT molecular complexity index is 670. The fourth-order valence-electron chi connectivity index (χ4n) is 5.08. The molecule has 0 unspecified atom stereocenters. The largest absolute Gasteiger partial charge is 1.00 e. The highest BCUT2D eigenvalue weighted by Crippen LogP contribution is 2.33. The lowest BCUT2D eigenvalue weighted by atomic mass is 10.0. The Morgan fingerprint density at radius 1 is 0.533 bits per heavy atom. The molecule has 1 nitrogen and oxygen atoms in total. The molecule has 2 aromatic carbocycles. The Balaban J connectivity index is 0.00000450. The summed E-state index contributed by atoms with van der Waals surface area (Å²) in [5.74, 6) is 0. The molecule has 0 atom stereocenters. The van der Waals surface area contributed by atoms with E-state index in [0.29, 0.717) is 0 Å². The summed E-state index contributed by atoms with van der Waals surface area (Å²) in [5, 5.41) is 2.85. The minimum absolute atomic E-state index is 0. The van der Waals surface area contributed by atoms with Crippen molar-refractivity contribution in [2.45, 2.75) is 97.8 Å². The minimum Gasteiger partial charge on any atom is -1.00 e. The number of hydrogen-bond donors (Lipinski definition) is 0. The van der Waals surface area contributed by atoms with Crippen LogP contribution in [-0.4, -0.2) is 19.6 Å². The lowest BCUT2D eigenvalue weighted by molar-refractivity contribution is -0.00000625. The first-order chi connectivity index (χ1) is 14.3. The van der Waals surface area contributed by atoms with Crippen LogP contribution in [0.2, 0.25) is 0 Å². The first-order valence-electron chi connectivity index (χ1n) is 12.6. The van der Waals surface area contributed by atoms with E-state index in [2.05, 4.69) is 63.2 Å². The lowest BCUT2D eigenvalue weighted by Gasteiger charge is -2.39. The Morgan fingerprint density at radius 2 is 1.07 bits per heavy atom. The molecule has 0 radical (unpaired) electrons. The molecule has 30 heavy (non-hydrogen) atoms. The van der Waals surface area contributed by atoms with Gasteiger partial charge < -0.3 is 12.4 Å². The van der Waals surface area contributed by atoms with Gasteiger partial charge >= 0.3 is 0 Å². The van der Waals surface area contributed by atoms with Crippen LogP contribution < -0.4 is 16.9 Å². The number of unbranched alkanes of at least 4 members (excludes halogenated alkanes) is 9. The third-order valence-corrected chi connectivity index (χ3v) is 6.52. The summed E-state index contributed by atoms with van der Waals surface area (Å²) in [6, 6.07) is 15.9. The summed E-state index contributed by atoms with van der Waals surface area (Å²) >= 11 is 0. The highest BCUT2D eigenvalue weighted by atomic mass is 35.5. The summed E-state index contributed by atoms with van der Waals surface area (Å²) in [6.45, 7) is 10.8. The second kappa shape index (κ2) is 15.7. The van der Waals surface area contributed by atoms with Crippen LogP contribution in [0.4, 0.5) is 5.69 Å². The first-order valence-corrected chi connectivity index (χ1v) is 12.6. The molecule has 0 fully saturated rings. The van der Waals surface area contributed by atoms with Crippen LogP contribution in [-0.2, 0) is 0 Å². The summed E-state index contributed by atoms with van der Waals surface area (Å²) in [4.78, 5) is 0. The number of nitrogens with zero attached hydrogens (tertiary/aromatic N) is 1. The maximum Gasteiger partial charge on any atom is 0.140 e. The Labute approximate surface area is 193 Å². The van der Waals surface area contributed by atoms with Crippen molar-refractivity contribution in [2.24, 2.45) is 0 Å². The maximum absolute atomic E-state index is 2.41. The molecule has 0 spiro atoms. The zero-order chi connectivity index (χ0) is 20.8. The third-order valence-electron chi connectivity index (χ3n) is 6.52. The maximum atomic E-state index is 2.41. The third kappa shape index (κ3) is 8.23. The van der Waals surface area contributed by atoms with Crippen molar-refractivity contribution in [1.82, 2.24) is 4.48 Å². The summed E-state index contributed by atoms with van der Waals surface area (Å²) in [6.07, 6.45) is 16.7. The van der Waals surface area contributed by atoms with Gasteiger partial charge in [-0.1, -0.05) is 102 Å². The standard InChI is InChI=1S/C28H46N.ClH/c1-4-7-8-9-10-11-12-13-14-17-25-29(23-5-2,24-6-3)28-22-18-20-26-19-15-16-21-27(26)28;/h15-16,18-22H,4-14,17,23-25H2,1-3H3;1H/q+1;/p-1. The van der Waals surface area contributed by atoms with Crippen molar-refractivity contribution in [3.63, 3.8) is 0 Å². The number of halogens is 1. The molecule has 170 valence electrons. The second-order valence-corrected chi connectivity index (χ2v) is 9.00. The molecule has 2 heteroatoms. The average Bonchev–Trinajstić information content (AvgIpc) is 2.75. The first kappa shape index (κ1) is 27.0. The van der Waals surface area contributed by atoms with Crippen molar-refractivity contribution < 1.29 is 12.4 Å². The highest BCUT2D eigenvalue weighted by Gasteiger charge is 2.29. The van der Waals surface area contributed by atoms with Gasteiger partial charge in [0.15, 0.2) is 0 Å². The van der Waals surface area contributed by atoms with Crippen molar-refractivity contribution in [1.29, 1.82) is 0 Å².